The summed E-state index contributed by atoms with van der Waals surface area (Å²) < 4.78 is 15.9. The third-order valence-corrected chi connectivity index (χ3v) is 20.5. The molecule has 0 saturated heterocycles. The maximum atomic E-state index is 16.2. The molecule has 0 aliphatic carbocycles. The van der Waals surface area contributed by atoms with Gasteiger partial charge in [0.15, 0.2) is 11.1 Å². The Morgan fingerprint density at radius 3 is 0.864 bits per heavy atom. The van der Waals surface area contributed by atoms with E-state index in [-0.39, 0.29) is 51.2 Å². The standard InChI is InChI=1S/2C44H40N4O4.2C2H6O/c2*1-42(2,3)52-41(51)45-44(34-23-13-16-26-38(34)48(40(44)50)28-31-19-9-6-10-20-31)43(35-29-46(4)36-24-14-11-21-32(35)36)33-22-12-15-25-37(33)47(39(43)49)27-30-17-7-5-8-18-30;2*1-2-3/h2*5-26,29H,27-28H2,1-4H3,(H,45,51);2*3H,2H2,1H3/t2*43-,44+;;/m10../s1. The number of aromatic nitrogens is 2. The van der Waals surface area contributed by atoms with Gasteiger partial charge in [-0.3, -0.25) is 19.2 Å². The number of para-hydroxylation sites is 6. The third kappa shape index (κ3) is 13.1. The number of hydrogen-bond acceptors (Lipinski definition) is 10. The van der Waals surface area contributed by atoms with Gasteiger partial charge in [-0.25, -0.2) is 9.59 Å². The minimum absolute atomic E-state index is 0.226. The summed E-state index contributed by atoms with van der Waals surface area (Å²) in [5, 5.41) is 23.1. The lowest BCUT2D eigenvalue weighted by atomic mass is 9.59. The first-order valence-electron chi connectivity index (χ1n) is 37.1. The highest BCUT2D eigenvalue weighted by Crippen LogP contribution is 2.64. The molecule has 18 nitrogen and oxygen atoms in total. The second-order valence-electron chi connectivity index (χ2n) is 29.8. The summed E-state index contributed by atoms with van der Waals surface area (Å²) >= 11 is 0. The first-order valence-corrected chi connectivity index (χ1v) is 37.1. The van der Waals surface area contributed by atoms with Gasteiger partial charge in [0, 0.05) is 95.1 Å². The van der Waals surface area contributed by atoms with Crippen molar-refractivity contribution in [3.63, 3.8) is 0 Å². The molecular formula is C92H92N8O10. The molecule has 0 radical (unpaired) electrons. The maximum absolute atomic E-state index is 16.2. The highest BCUT2D eigenvalue weighted by molar-refractivity contribution is 6.24. The van der Waals surface area contributed by atoms with E-state index in [4.69, 9.17) is 19.7 Å². The number of rotatable bonds is 14. The summed E-state index contributed by atoms with van der Waals surface area (Å²) in [6, 6.07) is 85.1. The van der Waals surface area contributed by atoms with Crippen LogP contribution >= 0.6 is 0 Å². The first kappa shape index (κ1) is 75.8. The van der Waals surface area contributed by atoms with Crippen LogP contribution in [0.4, 0.5) is 32.3 Å². The van der Waals surface area contributed by atoms with Gasteiger partial charge in [-0.2, -0.15) is 0 Å². The SMILES string of the molecule is CCO.CCO.Cn1cc([C@@]2([C@@]3(NC(=O)OC(C)(C)C)C(=O)N(Cc4ccccc4)c4ccccc43)C(=O)N(Cc3ccccc3)c3ccccc32)c2ccccc21.Cn1cc([C@]2([C@]3(NC(=O)OC(C)(C)C)C(=O)N(Cc4ccccc4)c4ccccc43)C(=O)N(Cc3ccccc3)c3ccccc32)c2ccccc21. The Morgan fingerprint density at radius 2 is 0.573 bits per heavy atom. The van der Waals surface area contributed by atoms with E-state index in [1.165, 1.54) is 0 Å². The Balaban J connectivity index is 0.000000181. The van der Waals surface area contributed by atoms with E-state index in [0.29, 0.717) is 56.1 Å². The van der Waals surface area contributed by atoms with Gasteiger partial charge in [-0.05, 0) is 125 Å². The highest BCUT2D eigenvalue weighted by Gasteiger charge is 2.75. The van der Waals surface area contributed by atoms with Gasteiger partial charge in [0.25, 0.3) is 11.8 Å². The minimum atomic E-state index is -1.98. The van der Waals surface area contributed by atoms with E-state index in [0.717, 1.165) is 44.1 Å². The summed E-state index contributed by atoms with van der Waals surface area (Å²) in [6.07, 6.45) is 2.28. The van der Waals surface area contributed by atoms with Crippen LogP contribution < -0.4 is 30.2 Å². The van der Waals surface area contributed by atoms with Crippen LogP contribution in [0.2, 0.25) is 0 Å². The molecule has 0 unspecified atom stereocenters. The molecule has 4 N–H and O–H groups in total. The van der Waals surface area contributed by atoms with Crippen molar-refractivity contribution in [3.8, 4) is 0 Å². The number of aryl methyl sites for hydroxylation is 2. The average Bonchev–Trinajstić information content (AvgIpc) is 1.49. The van der Waals surface area contributed by atoms with Crippen LogP contribution in [-0.4, -0.2) is 79.6 Å². The minimum Gasteiger partial charge on any atom is -0.444 e. The number of nitrogens with one attached hydrogen (secondary N) is 2. The van der Waals surface area contributed by atoms with Gasteiger partial charge < -0.3 is 59.1 Å². The molecule has 12 aromatic rings. The Labute approximate surface area is 641 Å². The Bertz CT molecular complexity index is 5070. The predicted molar refractivity (Wildman–Crippen MR) is 431 cm³/mol. The zero-order valence-electron chi connectivity index (χ0n) is 63.6. The van der Waals surface area contributed by atoms with E-state index in [2.05, 4.69) is 10.6 Å². The summed E-state index contributed by atoms with van der Waals surface area (Å²) in [7, 11) is 3.87. The molecule has 10 aromatic carbocycles. The van der Waals surface area contributed by atoms with Crippen molar-refractivity contribution in [2.45, 2.75) is 115 Å². The van der Waals surface area contributed by atoms with Gasteiger partial charge in [-0.1, -0.05) is 231 Å². The molecule has 4 aliphatic heterocycles. The number of carbonyl (C=O) groups excluding carboxylic acids is 6. The van der Waals surface area contributed by atoms with E-state index >= 15 is 19.2 Å². The van der Waals surface area contributed by atoms with Gasteiger partial charge in [-0.15, -0.1) is 0 Å². The summed E-state index contributed by atoms with van der Waals surface area (Å²) in [4.78, 5) is 100. The van der Waals surface area contributed by atoms with Gasteiger partial charge >= 0.3 is 12.2 Å². The molecule has 6 heterocycles. The zero-order chi connectivity index (χ0) is 77.9. The van der Waals surface area contributed by atoms with Crippen molar-refractivity contribution < 1.29 is 48.5 Å². The van der Waals surface area contributed by atoms with Crippen molar-refractivity contribution in [1.29, 1.82) is 0 Å². The van der Waals surface area contributed by atoms with E-state index < -0.39 is 57.1 Å². The monoisotopic (exact) mass is 1470 g/mol. The summed E-state index contributed by atoms with van der Waals surface area (Å²) in [5.74, 6) is -1.51. The fourth-order valence-electron chi connectivity index (χ4n) is 16.5. The number of aliphatic hydroxyl groups is 2. The number of aliphatic hydroxyl groups excluding tert-OH is 2. The number of anilines is 4. The molecule has 0 saturated carbocycles. The number of ether oxygens (including phenoxy) is 2. The molecule has 560 valence electrons. The number of nitrogens with zero attached hydrogens (tertiary/aromatic N) is 6. The molecule has 4 aliphatic rings. The normalized spacial score (nSPS) is 18.8. The topological polar surface area (TPSA) is 208 Å². The molecular weight excluding hydrogens is 1380 g/mol. The van der Waals surface area contributed by atoms with E-state index in [1.807, 2.05) is 303 Å². The Hall–Kier alpha value is -12.4. The molecule has 0 bridgehead atoms. The van der Waals surface area contributed by atoms with Crippen LogP contribution in [0.15, 0.2) is 279 Å². The number of alkyl carbamates (subject to hydrolysis) is 2. The fraction of sp³-hybridized carbons (Fsp3) is 0.239. The number of carbonyl (C=O) groups is 6. The average molecular weight is 1470 g/mol. The fourth-order valence-corrected chi connectivity index (χ4v) is 16.5. The van der Waals surface area contributed by atoms with Crippen LogP contribution in [0.1, 0.15) is 111 Å². The van der Waals surface area contributed by atoms with Crippen molar-refractivity contribution >= 4 is 80.4 Å². The number of benzene rings is 10. The highest BCUT2D eigenvalue weighted by atomic mass is 16.6. The van der Waals surface area contributed by atoms with Crippen LogP contribution in [0.3, 0.4) is 0 Å². The molecule has 4 atom stereocenters. The zero-order valence-corrected chi connectivity index (χ0v) is 63.6. The molecule has 6 amide bonds. The predicted octanol–water partition coefficient (Wildman–Crippen LogP) is 16.0. The van der Waals surface area contributed by atoms with Gasteiger partial charge in [0.2, 0.25) is 11.8 Å². The number of amides is 6. The largest absolute Gasteiger partial charge is 0.444 e. The van der Waals surface area contributed by atoms with E-state index in [1.54, 1.807) is 75.0 Å². The lowest BCUT2D eigenvalue weighted by Gasteiger charge is -2.45. The lowest BCUT2D eigenvalue weighted by molar-refractivity contribution is -0.134. The van der Waals surface area contributed by atoms with Gasteiger partial charge in [0.1, 0.15) is 22.0 Å². The van der Waals surface area contributed by atoms with Crippen molar-refractivity contribution in [3.05, 3.63) is 335 Å². The van der Waals surface area contributed by atoms with E-state index in [9.17, 15) is 9.59 Å². The summed E-state index contributed by atoms with van der Waals surface area (Å²) in [5.41, 5.74) is 2.17. The molecule has 0 spiro atoms. The molecule has 0 fully saturated rings. The lowest BCUT2D eigenvalue weighted by Crippen LogP contribution is -2.68. The smallest absolute Gasteiger partial charge is 0.408 e. The number of fused-ring (bicyclic) bond motifs is 6. The molecule has 18 heteroatoms. The third-order valence-electron chi connectivity index (χ3n) is 20.5. The second-order valence-corrected chi connectivity index (χ2v) is 29.8. The Morgan fingerprint density at radius 1 is 0.336 bits per heavy atom. The second kappa shape index (κ2) is 30.7. The van der Waals surface area contributed by atoms with Crippen molar-refractivity contribution in [2.24, 2.45) is 14.1 Å². The van der Waals surface area contributed by atoms with Crippen LogP contribution in [-0.2, 0) is 90.8 Å². The Kier molecular flexibility index (Phi) is 21.2. The first-order chi connectivity index (χ1) is 52.9. The maximum Gasteiger partial charge on any atom is 0.408 e. The quantitative estimate of drug-likeness (QED) is 0.0810. The number of hydrogen-bond donors (Lipinski definition) is 4. The van der Waals surface area contributed by atoms with Crippen LogP contribution in [0.25, 0.3) is 21.8 Å². The summed E-state index contributed by atoms with van der Waals surface area (Å²) in [6.45, 7) is 15.5. The van der Waals surface area contributed by atoms with Crippen molar-refractivity contribution in [1.82, 2.24) is 19.8 Å². The van der Waals surface area contributed by atoms with Crippen LogP contribution in [0.5, 0.6) is 0 Å². The molecule has 2 aromatic heterocycles. The molecule has 16 rings (SSSR count). The molecule has 110 heavy (non-hydrogen) atoms. The van der Waals surface area contributed by atoms with Crippen LogP contribution in [0, 0.1) is 0 Å². The van der Waals surface area contributed by atoms with Crippen molar-refractivity contribution in [2.75, 3.05) is 32.8 Å². The van der Waals surface area contributed by atoms with Gasteiger partial charge in [0.05, 0.1) is 37.6 Å².